The number of rotatable bonds is 3. The Morgan fingerprint density at radius 2 is 1.78 bits per heavy atom. The van der Waals surface area contributed by atoms with Crippen LogP contribution in [0.25, 0.3) is 11.0 Å². The van der Waals surface area contributed by atoms with Gasteiger partial charge in [-0.15, -0.1) is 0 Å². The van der Waals surface area contributed by atoms with Crippen molar-refractivity contribution in [1.82, 2.24) is 14.6 Å². The molecule has 0 fully saturated rings. The highest BCUT2D eigenvalue weighted by atomic mass is 127. The van der Waals surface area contributed by atoms with Gasteiger partial charge in [-0.1, -0.05) is 53.3 Å². The van der Waals surface area contributed by atoms with Crippen molar-refractivity contribution in [2.75, 3.05) is 0 Å². The molecule has 0 saturated carbocycles. The van der Waals surface area contributed by atoms with Gasteiger partial charge in [-0.2, -0.15) is 14.6 Å². The smallest absolute Gasteiger partial charge is 0.266 e. The van der Waals surface area contributed by atoms with Crippen molar-refractivity contribution in [3.05, 3.63) is 99.7 Å². The number of fused-ring (bicyclic) bond motifs is 1. The summed E-state index contributed by atoms with van der Waals surface area (Å²) in [6, 6.07) is 15.7. The molecular formula is C20H14IN3O2S. The maximum atomic E-state index is 12.7. The summed E-state index contributed by atoms with van der Waals surface area (Å²) in [6.07, 6.45) is 2.14. The van der Waals surface area contributed by atoms with Gasteiger partial charge in [0.25, 0.3) is 11.1 Å². The second kappa shape index (κ2) is 7.32. The van der Waals surface area contributed by atoms with Crippen LogP contribution in [-0.2, 0) is 6.42 Å². The van der Waals surface area contributed by atoms with Gasteiger partial charge < -0.3 is 0 Å². The van der Waals surface area contributed by atoms with Gasteiger partial charge in [0.1, 0.15) is 5.69 Å². The van der Waals surface area contributed by atoms with Crippen LogP contribution in [0.2, 0.25) is 0 Å². The topological polar surface area (TPSA) is 64.3 Å². The number of nitrogens with zero attached hydrogens (tertiary/aromatic N) is 3. The van der Waals surface area contributed by atoms with Crippen LogP contribution in [0.1, 0.15) is 22.4 Å². The van der Waals surface area contributed by atoms with Crippen molar-refractivity contribution in [3.63, 3.8) is 0 Å². The molecule has 0 aliphatic heterocycles. The molecule has 0 N–H and O–H groups in total. The molecule has 0 amide bonds. The van der Waals surface area contributed by atoms with Gasteiger partial charge >= 0.3 is 0 Å². The van der Waals surface area contributed by atoms with Crippen molar-refractivity contribution >= 4 is 45.0 Å². The van der Waals surface area contributed by atoms with E-state index in [2.05, 4.69) is 32.7 Å². The van der Waals surface area contributed by atoms with Gasteiger partial charge in [0.2, 0.25) is 4.96 Å². The zero-order chi connectivity index (χ0) is 19.0. The molecule has 27 heavy (non-hydrogen) atoms. The molecule has 0 unspecified atom stereocenters. The minimum absolute atomic E-state index is 0.258. The molecule has 2 aromatic carbocycles. The summed E-state index contributed by atoms with van der Waals surface area (Å²) in [5.41, 5.74) is 2.64. The third-order valence-electron chi connectivity index (χ3n) is 4.11. The molecular weight excluding hydrogens is 473 g/mol. The lowest BCUT2D eigenvalue weighted by atomic mass is 10.1. The number of benzene rings is 2. The minimum atomic E-state index is -0.391. The van der Waals surface area contributed by atoms with E-state index in [-0.39, 0.29) is 11.3 Å². The van der Waals surface area contributed by atoms with Crippen LogP contribution in [0.4, 0.5) is 0 Å². The summed E-state index contributed by atoms with van der Waals surface area (Å²) in [5, 5.41) is 4.29. The van der Waals surface area contributed by atoms with Crippen molar-refractivity contribution in [2.24, 2.45) is 0 Å². The van der Waals surface area contributed by atoms with E-state index in [9.17, 15) is 9.59 Å². The summed E-state index contributed by atoms with van der Waals surface area (Å²) >= 11 is 3.41. The lowest BCUT2D eigenvalue weighted by Gasteiger charge is -2.01. The summed E-state index contributed by atoms with van der Waals surface area (Å²) in [5.74, 6) is 0. The van der Waals surface area contributed by atoms with E-state index in [1.807, 2.05) is 55.5 Å². The SMILES string of the molecule is Cc1ccc(Cc2nn3c(=O)/c(=C/c4ccc(I)cc4)sc3nc2=O)cc1. The molecule has 5 nitrogen and oxygen atoms in total. The highest BCUT2D eigenvalue weighted by molar-refractivity contribution is 14.1. The highest BCUT2D eigenvalue weighted by Gasteiger charge is 2.11. The van der Waals surface area contributed by atoms with Gasteiger partial charge in [0.05, 0.1) is 4.53 Å². The Hall–Kier alpha value is -2.39. The Kier molecular flexibility index (Phi) is 4.88. The summed E-state index contributed by atoms with van der Waals surface area (Å²) in [7, 11) is 0. The molecule has 0 aliphatic carbocycles. The van der Waals surface area contributed by atoms with E-state index in [1.165, 1.54) is 15.9 Å². The maximum absolute atomic E-state index is 12.7. The van der Waals surface area contributed by atoms with E-state index in [0.717, 1.165) is 20.3 Å². The van der Waals surface area contributed by atoms with Crippen LogP contribution in [-0.4, -0.2) is 14.6 Å². The second-order valence-corrected chi connectivity index (χ2v) is 8.44. The first-order valence-corrected chi connectivity index (χ1v) is 10.1. The van der Waals surface area contributed by atoms with E-state index in [4.69, 9.17) is 0 Å². The van der Waals surface area contributed by atoms with E-state index < -0.39 is 5.56 Å². The molecule has 4 rings (SSSR count). The monoisotopic (exact) mass is 487 g/mol. The minimum Gasteiger partial charge on any atom is -0.266 e. The van der Waals surface area contributed by atoms with Gasteiger partial charge in [-0.25, -0.2) is 0 Å². The van der Waals surface area contributed by atoms with Crippen LogP contribution in [0.3, 0.4) is 0 Å². The Balaban J connectivity index is 1.79. The Morgan fingerprint density at radius 1 is 1.07 bits per heavy atom. The van der Waals surface area contributed by atoms with Crippen LogP contribution < -0.4 is 15.7 Å². The average molecular weight is 487 g/mol. The van der Waals surface area contributed by atoms with Crippen LogP contribution >= 0.6 is 33.9 Å². The molecule has 0 atom stereocenters. The molecule has 2 heterocycles. The van der Waals surface area contributed by atoms with E-state index in [1.54, 1.807) is 6.08 Å². The first kappa shape index (κ1) is 18.0. The lowest BCUT2D eigenvalue weighted by Crippen LogP contribution is -2.28. The lowest BCUT2D eigenvalue weighted by molar-refractivity contribution is 0.811. The number of hydrogen-bond donors (Lipinski definition) is 0. The summed E-state index contributed by atoms with van der Waals surface area (Å²) < 4.78 is 2.86. The van der Waals surface area contributed by atoms with Crippen LogP contribution in [0, 0.1) is 10.5 Å². The first-order valence-electron chi connectivity index (χ1n) is 8.25. The maximum Gasteiger partial charge on any atom is 0.296 e. The van der Waals surface area contributed by atoms with Gasteiger partial charge in [-0.05, 0) is 58.9 Å². The highest BCUT2D eigenvalue weighted by Crippen LogP contribution is 2.09. The Labute approximate surface area is 172 Å². The van der Waals surface area contributed by atoms with Gasteiger partial charge in [0.15, 0.2) is 0 Å². The fourth-order valence-corrected chi connectivity index (χ4v) is 3.93. The van der Waals surface area contributed by atoms with Crippen molar-refractivity contribution in [1.29, 1.82) is 0 Å². The normalized spacial score (nSPS) is 12.0. The Bertz CT molecular complexity index is 1290. The number of thiazole rings is 1. The van der Waals surface area contributed by atoms with Crippen molar-refractivity contribution in [2.45, 2.75) is 13.3 Å². The number of aromatic nitrogens is 3. The molecule has 134 valence electrons. The zero-order valence-corrected chi connectivity index (χ0v) is 17.3. The number of hydrogen-bond acceptors (Lipinski definition) is 5. The fraction of sp³-hybridized carbons (Fsp3) is 0.100. The van der Waals surface area contributed by atoms with Crippen molar-refractivity contribution < 1.29 is 0 Å². The molecule has 0 aliphatic rings. The first-order chi connectivity index (χ1) is 13.0. The fourth-order valence-electron chi connectivity index (χ4n) is 2.66. The second-order valence-electron chi connectivity index (χ2n) is 6.19. The predicted molar refractivity (Wildman–Crippen MR) is 115 cm³/mol. The van der Waals surface area contributed by atoms with Gasteiger partial charge in [-0.3, -0.25) is 9.59 Å². The molecule has 0 radical (unpaired) electrons. The Morgan fingerprint density at radius 3 is 2.48 bits per heavy atom. The molecule has 2 aromatic heterocycles. The van der Waals surface area contributed by atoms with E-state index in [0.29, 0.717) is 15.9 Å². The number of aryl methyl sites for hydroxylation is 1. The molecule has 0 spiro atoms. The largest absolute Gasteiger partial charge is 0.296 e. The predicted octanol–water partition coefficient (Wildman–Crippen LogP) is 2.56. The van der Waals surface area contributed by atoms with Gasteiger partial charge in [0, 0.05) is 9.99 Å². The third-order valence-corrected chi connectivity index (χ3v) is 5.79. The molecule has 7 heteroatoms. The third kappa shape index (κ3) is 3.84. The zero-order valence-electron chi connectivity index (χ0n) is 14.3. The molecule has 4 aromatic rings. The molecule has 0 saturated heterocycles. The quantitative estimate of drug-likeness (QED) is 0.417. The number of halogens is 1. The summed E-state index contributed by atoms with van der Waals surface area (Å²) in [6.45, 7) is 2.01. The van der Waals surface area contributed by atoms with E-state index >= 15 is 0 Å². The van der Waals surface area contributed by atoms with Crippen LogP contribution in [0.15, 0.2) is 58.1 Å². The molecule has 0 bridgehead atoms. The standard InChI is InChI=1S/C20H14IN3O2S/c1-12-2-4-13(5-3-12)10-16-18(25)22-20-24(23-16)19(26)17(27-20)11-14-6-8-15(21)9-7-14/h2-9,11H,10H2,1H3/b17-11-. The van der Waals surface area contributed by atoms with Crippen LogP contribution in [0.5, 0.6) is 0 Å². The summed E-state index contributed by atoms with van der Waals surface area (Å²) in [4.78, 5) is 29.4. The van der Waals surface area contributed by atoms with Crippen molar-refractivity contribution in [3.8, 4) is 0 Å². The average Bonchev–Trinajstić information content (AvgIpc) is 2.94.